The largest absolute Gasteiger partial charge is 0.496 e. The predicted molar refractivity (Wildman–Crippen MR) is 78.0 cm³/mol. The molecule has 1 heterocycles. The van der Waals surface area contributed by atoms with Crippen LogP contribution < -0.4 is 10.1 Å². The van der Waals surface area contributed by atoms with Gasteiger partial charge in [0.25, 0.3) is 5.91 Å². The lowest BCUT2D eigenvalue weighted by molar-refractivity contribution is 0.0954. The van der Waals surface area contributed by atoms with Gasteiger partial charge in [-0.15, -0.1) is 0 Å². The second-order valence-electron chi connectivity index (χ2n) is 4.55. The first-order valence-corrected chi connectivity index (χ1v) is 6.52. The van der Waals surface area contributed by atoms with Crippen LogP contribution in [0.15, 0.2) is 42.7 Å². The first-order chi connectivity index (χ1) is 9.70. The van der Waals surface area contributed by atoms with Crippen LogP contribution >= 0.6 is 0 Å². The number of aromatic nitrogens is 1. The van der Waals surface area contributed by atoms with Gasteiger partial charge in [0.2, 0.25) is 0 Å². The van der Waals surface area contributed by atoms with Gasteiger partial charge in [0, 0.05) is 24.5 Å². The fourth-order valence-electron chi connectivity index (χ4n) is 2.02. The van der Waals surface area contributed by atoms with E-state index in [1.807, 2.05) is 19.1 Å². The van der Waals surface area contributed by atoms with Crippen LogP contribution in [0.25, 0.3) is 0 Å². The number of rotatable bonds is 5. The number of carbonyl (C=O) groups excluding carboxylic acids is 1. The van der Waals surface area contributed by atoms with Crippen molar-refractivity contribution in [1.82, 2.24) is 10.3 Å². The van der Waals surface area contributed by atoms with Crippen LogP contribution in [0.4, 0.5) is 0 Å². The van der Waals surface area contributed by atoms with Crippen LogP contribution in [0.2, 0.25) is 0 Å². The Balaban J connectivity index is 1.87. The maximum atomic E-state index is 11.8. The minimum atomic E-state index is -0.0716. The first-order valence-electron chi connectivity index (χ1n) is 6.52. The van der Waals surface area contributed by atoms with Gasteiger partial charge in [0.05, 0.1) is 7.11 Å². The summed E-state index contributed by atoms with van der Waals surface area (Å²) >= 11 is 0. The van der Waals surface area contributed by atoms with Crippen molar-refractivity contribution < 1.29 is 9.53 Å². The molecular formula is C16H18N2O2. The molecule has 4 nitrogen and oxygen atoms in total. The van der Waals surface area contributed by atoms with Gasteiger partial charge in [-0.25, -0.2) is 0 Å². The van der Waals surface area contributed by atoms with E-state index in [0.29, 0.717) is 12.1 Å². The lowest BCUT2D eigenvalue weighted by Gasteiger charge is -2.08. The van der Waals surface area contributed by atoms with Gasteiger partial charge in [-0.2, -0.15) is 0 Å². The van der Waals surface area contributed by atoms with Crippen molar-refractivity contribution in [3.05, 3.63) is 59.4 Å². The Labute approximate surface area is 118 Å². The van der Waals surface area contributed by atoms with E-state index < -0.39 is 0 Å². The van der Waals surface area contributed by atoms with E-state index in [1.165, 1.54) is 5.56 Å². The van der Waals surface area contributed by atoms with Gasteiger partial charge < -0.3 is 10.1 Å². The van der Waals surface area contributed by atoms with Crippen LogP contribution in [-0.2, 0) is 6.42 Å². The SMILES string of the molecule is COc1ccc(CCNC(=O)c2ccncc2)cc1C. The third-order valence-electron chi connectivity index (χ3n) is 3.10. The molecule has 2 rings (SSSR count). The number of benzene rings is 1. The van der Waals surface area contributed by atoms with Crippen LogP contribution in [0, 0.1) is 6.92 Å². The summed E-state index contributed by atoms with van der Waals surface area (Å²) in [5.74, 6) is 0.812. The molecule has 2 aromatic rings. The average Bonchev–Trinajstić information content (AvgIpc) is 2.48. The number of methoxy groups -OCH3 is 1. The summed E-state index contributed by atoms with van der Waals surface area (Å²) in [4.78, 5) is 15.7. The van der Waals surface area contributed by atoms with Gasteiger partial charge in [0.1, 0.15) is 5.75 Å². The first kappa shape index (κ1) is 14.1. The summed E-state index contributed by atoms with van der Waals surface area (Å²) in [5, 5.41) is 2.90. The molecule has 0 aliphatic rings. The maximum absolute atomic E-state index is 11.8. The van der Waals surface area contributed by atoms with E-state index in [-0.39, 0.29) is 5.91 Å². The summed E-state index contributed by atoms with van der Waals surface area (Å²) < 4.78 is 5.22. The monoisotopic (exact) mass is 270 g/mol. The van der Waals surface area contributed by atoms with E-state index in [0.717, 1.165) is 17.7 Å². The molecule has 4 heteroatoms. The van der Waals surface area contributed by atoms with Crippen molar-refractivity contribution >= 4 is 5.91 Å². The van der Waals surface area contributed by atoms with Crippen LogP contribution in [0.1, 0.15) is 21.5 Å². The summed E-state index contributed by atoms with van der Waals surface area (Å²) in [5.41, 5.74) is 2.91. The molecule has 0 saturated heterocycles. The van der Waals surface area contributed by atoms with Crippen LogP contribution in [0.5, 0.6) is 5.75 Å². The normalized spacial score (nSPS) is 10.1. The lowest BCUT2D eigenvalue weighted by Crippen LogP contribution is -2.25. The number of carbonyl (C=O) groups is 1. The van der Waals surface area contributed by atoms with Gasteiger partial charge in [-0.05, 0) is 42.7 Å². The fourth-order valence-corrected chi connectivity index (χ4v) is 2.02. The highest BCUT2D eigenvalue weighted by Gasteiger charge is 2.04. The number of hydrogen-bond donors (Lipinski definition) is 1. The van der Waals surface area contributed by atoms with Gasteiger partial charge in [0.15, 0.2) is 0 Å². The lowest BCUT2D eigenvalue weighted by atomic mass is 10.1. The van der Waals surface area contributed by atoms with E-state index in [9.17, 15) is 4.79 Å². The number of aryl methyl sites for hydroxylation is 1. The molecule has 0 aliphatic carbocycles. The second-order valence-corrected chi connectivity index (χ2v) is 4.55. The zero-order valence-electron chi connectivity index (χ0n) is 11.7. The number of pyridine rings is 1. The summed E-state index contributed by atoms with van der Waals surface area (Å²) in [6.45, 7) is 2.62. The van der Waals surface area contributed by atoms with Crippen LogP contribution in [-0.4, -0.2) is 24.5 Å². The zero-order chi connectivity index (χ0) is 14.4. The molecule has 0 bridgehead atoms. The smallest absolute Gasteiger partial charge is 0.251 e. The molecule has 1 N–H and O–H groups in total. The Morgan fingerprint density at radius 2 is 2.00 bits per heavy atom. The molecule has 0 saturated carbocycles. The Kier molecular flexibility index (Phi) is 4.71. The van der Waals surface area contributed by atoms with Crippen molar-refractivity contribution in [2.24, 2.45) is 0 Å². The molecule has 1 aromatic carbocycles. The Hall–Kier alpha value is -2.36. The van der Waals surface area contributed by atoms with E-state index in [2.05, 4.69) is 16.4 Å². The Bertz CT molecular complexity index is 582. The number of amides is 1. The molecule has 0 spiro atoms. The van der Waals surface area contributed by atoms with Crippen molar-refractivity contribution in [2.45, 2.75) is 13.3 Å². The van der Waals surface area contributed by atoms with Crippen molar-refractivity contribution in [1.29, 1.82) is 0 Å². The molecule has 20 heavy (non-hydrogen) atoms. The molecule has 1 amide bonds. The summed E-state index contributed by atoms with van der Waals surface area (Å²) in [6, 6.07) is 9.46. The molecule has 0 fully saturated rings. The van der Waals surface area contributed by atoms with Gasteiger partial charge in [-0.3, -0.25) is 9.78 Å². The highest BCUT2D eigenvalue weighted by Crippen LogP contribution is 2.18. The van der Waals surface area contributed by atoms with Crippen molar-refractivity contribution in [3.8, 4) is 5.75 Å². The maximum Gasteiger partial charge on any atom is 0.251 e. The topological polar surface area (TPSA) is 51.2 Å². The molecule has 0 atom stereocenters. The Morgan fingerprint density at radius 1 is 1.25 bits per heavy atom. The second kappa shape index (κ2) is 6.70. The van der Waals surface area contributed by atoms with E-state index in [4.69, 9.17) is 4.74 Å². The fraction of sp³-hybridized carbons (Fsp3) is 0.250. The van der Waals surface area contributed by atoms with Gasteiger partial charge in [-0.1, -0.05) is 12.1 Å². The standard InChI is InChI=1S/C16H18N2O2/c1-12-11-13(3-4-15(12)20-2)5-10-18-16(19)14-6-8-17-9-7-14/h3-4,6-9,11H,5,10H2,1-2H3,(H,18,19). The predicted octanol–water partition coefficient (Wildman–Crippen LogP) is 2.37. The van der Waals surface area contributed by atoms with Crippen molar-refractivity contribution in [2.75, 3.05) is 13.7 Å². The molecule has 104 valence electrons. The molecule has 0 aliphatic heterocycles. The highest BCUT2D eigenvalue weighted by atomic mass is 16.5. The molecule has 0 radical (unpaired) electrons. The zero-order valence-corrected chi connectivity index (χ0v) is 11.7. The highest BCUT2D eigenvalue weighted by molar-refractivity contribution is 5.93. The minimum absolute atomic E-state index is 0.0716. The van der Waals surface area contributed by atoms with Gasteiger partial charge >= 0.3 is 0 Å². The van der Waals surface area contributed by atoms with E-state index in [1.54, 1.807) is 31.6 Å². The third kappa shape index (κ3) is 3.57. The quantitative estimate of drug-likeness (QED) is 0.907. The number of ether oxygens (including phenoxy) is 1. The number of hydrogen-bond acceptors (Lipinski definition) is 3. The average molecular weight is 270 g/mol. The minimum Gasteiger partial charge on any atom is -0.496 e. The summed E-state index contributed by atoms with van der Waals surface area (Å²) in [7, 11) is 1.66. The van der Waals surface area contributed by atoms with E-state index >= 15 is 0 Å². The molecule has 0 unspecified atom stereocenters. The van der Waals surface area contributed by atoms with Crippen LogP contribution in [0.3, 0.4) is 0 Å². The Morgan fingerprint density at radius 3 is 2.65 bits per heavy atom. The summed E-state index contributed by atoms with van der Waals surface area (Å²) in [6.07, 6.45) is 4.02. The number of nitrogens with zero attached hydrogens (tertiary/aromatic N) is 1. The molecule has 1 aromatic heterocycles. The van der Waals surface area contributed by atoms with Crippen molar-refractivity contribution in [3.63, 3.8) is 0 Å². The number of nitrogens with one attached hydrogen (secondary N) is 1. The third-order valence-corrected chi connectivity index (χ3v) is 3.10. The molecular weight excluding hydrogens is 252 g/mol.